The first kappa shape index (κ1) is 9.44. The summed E-state index contributed by atoms with van der Waals surface area (Å²) in [5, 5.41) is 9.05. The molecule has 1 aromatic rings. The highest BCUT2D eigenvalue weighted by atomic mass is 127. The molecule has 2 nitrogen and oxygen atoms in total. The molecule has 0 saturated heterocycles. The Kier molecular flexibility index (Phi) is 2.66. The highest BCUT2D eigenvalue weighted by Gasteiger charge is 2.10. The number of Topliss-reactive ketones (excluding diaryl/α,β-unsaturated/α-hetero) is 1. The quantitative estimate of drug-likeness (QED) is 0.633. The molecule has 0 spiro atoms. The van der Waals surface area contributed by atoms with Crippen LogP contribution < -0.4 is 0 Å². The van der Waals surface area contributed by atoms with E-state index in [1.165, 1.54) is 13.0 Å². The number of hydrogen-bond acceptors (Lipinski definition) is 2. The van der Waals surface area contributed by atoms with E-state index >= 15 is 0 Å². The summed E-state index contributed by atoms with van der Waals surface area (Å²) in [5.74, 6) is -1.16. The molecule has 0 atom stereocenters. The van der Waals surface area contributed by atoms with Crippen molar-refractivity contribution in [3.05, 3.63) is 27.1 Å². The summed E-state index contributed by atoms with van der Waals surface area (Å²) >= 11 is 1.83. The molecule has 0 aromatic heterocycles. The molecule has 12 heavy (non-hydrogen) atoms. The van der Waals surface area contributed by atoms with E-state index in [1.807, 2.05) is 22.6 Å². The number of carbonyl (C=O) groups excluding carboxylic acids is 1. The summed E-state index contributed by atoms with van der Waals surface area (Å²) in [5.41, 5.74) is 0.0113. The number of phenols is 1. The van der Waals surface area contributed by atoms with Crippen LogP contribution in [0.1, 0.15) is 17.3 Å². The van der Waals surface area contributed by atoms with Crippen molar-refractivity contribution in [1.82, 2.24) is 0 Å². The molecule has 0 amide bonds. The van der Waals surface area contributed by atoms with Crippen LogP contribution in [0, 0.1) is 9.39 Å². The molecule has 0 aliphatic carbocycles. The van der Waals surface area contributed by atoms with E-state index in [-0.39, 0.29) is 17.1 Å². The van der Waals surface area contributed by atoms with Gasteiger partial charge >= 0.3 is 0 Å². The summed E-state index contributed by atoms with van der Waals surface area (Å²) in [6.07, 6.45) is 0. The highest BCUT2D eigenvalue weighted by Crippen LogP contribution is 2.23. The second-order valence-electron chi connectivity index (χ2n) is 2.34. The van der Waals surface area contributed by atoms with E-state index < -0.39 is 5.82 Å². The average molecular weight is 280 g/mol. The van der Waals surface area contributed by atoms with Gasteiger partial charge in [0.1, 0.15) is 11.6 Å². The Morgan fingerprint density at radius 3 is 2.67 bits per heavy atom. The van der Waals surface area contributed by atoms with Crippen LogP contribution in [0.25, 0.3) is 0 Å². The maximum absolute atomic E-state index is 12.9. The maximum Gasteiger partial charge on any atom is 0.162 e. The fourth-order valence-electron chi connectivity index (χ4n) is 0.806. The van der Waals surface area contributed by atoms with Crippen molar-refractivity contribution in [1.29, 1.82) is 0 Å². The molecule has 0 radical (unpaired) electrons. The Morgan fingerprint density at radius 1 is 1.58 bits per heavy atom. The summed E-state index contributed by atoms with van der Waals surface area (Å²) < 4.78 is 13.4. The Morgan fingerprint density at radius 2 is 2.17 bits per heavy atom. The SMILES string of the molecule is CC(=O)c1cc(I)c(O)cc1F. The third-order valence-electron chi connectivity index (χ3n) is 1.42. The van der Waals surface area contributed by atoms with E-state index in [0.29, 0.717) is 3.57 Å². The Bertz CT molecular complexity index is 336. The molecule has 0 bridgehead atoms. The van der Waals surface area contributed by atoms with Crippen molar-refractivity contribution in [2.24, 2.45) is 0 Å². The van der Waals surface area contributed by atoms with Gasteiger partial charge in [-0.2, -0.15) is 0 Å². The van der Waals surface area contributed by atoms with Crippen molar-refractivity contribution >= 4 is 28.4 Å². The van der Waals surface area contributed by atoms with Crippen LogP contribution in [-0.2, 0) is 0 Å². The molecule has 1 N–H and O–H groups in total. The van der Waals surface area contributed by atoms with Gasteiger partial charge in [0.2, 0.25) is 0 Å². The number of benzene rings is 1. The molecule has 1 aromatic carbocycles. The number of phenolic OH excluding ortho intramolecular Hbond substituents is 1. The zero-order valence-electron chi connectivity index (χ0n) is 6.27. The average Bonchev–Trinajstić information content (AvgIpc) is 1.96. The first-order valence-electron chi connectivity index (χ1n) is 3.21. The van der Waals surface area contributed by atoms with Crippen LogP contribution in [0.15, 0.2) is 12.1 Å². The summed E-state index contributed by atoms with van der Waals surface area (Å²) in [4.78, 5) is 10.8. The van der Waals surface area contributed by atoms with Gasteiger partial charge in [-0.3, -0.25) is 4.79 Å². The van der Waals surface area contributed by atoms with Crippen LogP contribution >= 0.6 is 22.6 Å². The molecule has 0 heterocycles. The number of ketones is 1. The maximum atomic E-state index is 12.9. The largest absolute Gasteiger partial charge is 0.507 e. The van der Waals surface area contributed by atoms with Gasteiger partial charge in [0.15, 0.2) is 5.78 Å². The van der Waals surface area contributed by atoms with Crippen molar-refractivity contribution in [2.45, 2.75) is 6.92 Å². The lowest BCUT2D eigenvalue weighted by atomic mass is 10.1. The van der Waals surface area contributed by atoms with Gasteiger partial charge in [-0.1, -0.05) is 0 Å². The van der Waals surface area contributed by atoms with Crippen LogP contribution in [0.2, 0.25) is 0 Å². The number of rotatable bonds is 1. The predicted molar refractivity (Wildman–Crippen MR) is 50.8 cm³/mol. The third-order valence-corrected chi connectivity index (χ3v) is 2.28. The molecule has 0 aliphatic rings. The molecule has 0 saturated carbocycles. The minimum atomic E-state index is -0.680. The predicted octanol–water partition coefficient (Wildman–Crippen LogP) is 2.34. The standard InChI is InChI=1S/C8H6FIO2/c1-4(11)5-2-7(10)8(12)3-6(5)9/h2-3,12H,1H3. The third kappa shape index (κ3) is 1.74. The topological polar surface area (TPSA) is 37.3 Å². The van der Waals surface area contributed by atoms with E-state index in [9.17, 15) is 9.18 Å². The molecule has 64 valence electrons. The Hall–Kier alpha value is -0.650. The first-order chi connectivity index (χ1) is 5.52. The lowest BCUT2D eigenvalue weighted by molar-refractivity contribution is 0.101. The monoisotopic (exact) mass is 280 g/mol. The molecule has 0 fully saturated rings. The minimum Gasteiger partial charge on any atom is -0.507 e. The number of aromatic hydroxyl groups is 1. The number of halogens is 2. The molecular weight excluding hydrogens is 274 g/mol. The van der Waals surface area contributed by atoms with E-state index in [2.05, 4.69) is 0 Å². The van der Waals surface area contributed by atoms with Gasteiger partial charge < -0.3 is 5.11 Å². The normalized spacial score (nSPS) is 9.92. The number of hydrogen-bond donors (Lipinski definition) is 1. The van der Waals surface area contributed by atoms with Crippen LogP contribution in [0.4, 0.5) is 4.39 Å². The zero-order chi connectivity index (χ0) is 9.30. The smallest absolute Gasteiger partial charge is 0.162 e. The lowest BCUT2D eigenvalue weighted by Crippen LogP contribution is -1.97. The van der Waals surface area contributed by atoms with E-state index in [1.54, 1.807) is 0 Å². The van der Waals surface area contributed by atoms with Crippen molar-refractivity contribution in [3.8, 4) is 5.75 Å². The molecule has 0 aliphatic heterocycles. The van der Waals surface area contributed by atoms with Crippen LogP contribution in [0.3, 0.4) is 0 Å². The highest BCUT2D eigenvalue weighted by molar-refractivity contribution is 14.1. The zero-order valence-corrected chi connectivity index (χ0v) is 8.42. The second-order valence-corrected chi connectivity index (χ2v) is 3.50. The first-order valence-corrected chi connectivity index (χ1v) is 4.29. The molecule has 1 rings (SSSR count). The van der Waals surface area contributed by atoms with Crippen molar-refractivity contribution < 1.29 is 14.3 Å². The summed E-state index contributed by atoms with van der Waals surface area (Å²) in [6.45, 7) is 1.28. The molecule has 0 unspecified atom stereocenters. The van der Waals surface area contributed by atoms with Crippen molar-refractivity contribution in [3.63, 3.8) is 0 Å². The van der Waals surface area contributed by atoms with Gasteiger partial charge in [-0.15, -0.1) is 0 Å². The van der Waals surface area contributed by atoms with Gasteiger partial charge in [-0.05, 0) is 35.6 Å². The van der Waals surface area contributed by atoms with Crippen LogP contribution in [0.5, 0.6) is 5.75 Å². The fourth-order valence-corrected chi connectivity index (χ4v) is 1.27. The van der Waals surface area contributed by atoms with Gasteiger partial charge in [0, 0.05) is 6.07 Å². The summed E-state index contributed by atoms with van der Waals surface area (Å²) in [6, 6.07) is 2.27. The van der Waals surface area contributed by atoms with E-state index in [0.717, 1.165) is 6.07 Å². The van der Waals surface area contributed by atoms with Gasteiger partial charge in [0.25, 0.3) is 0 Å². The van der Waals surface area contributed by atoms with E-state index in [4.69, 9.17) is 5.11 Å². The van der Waals surface area contributed by atoms with Gasteiger partial charge in [-0.25, -0.2) is 4.39 Å². The lowest BCUT2D eigenvalue weighted by Gasteiger charge is -2.01. The minimum absolute atomic E-state index is 0.0113. The van der Waals surface area contributed by atoms with Crippen molar-refractivity contribution in [2.75, 3.05) is 0 Å². The summed E-state index contributed by atoms with van der Waals surface area (Å²) in [7, 11) is 0. The number of carbonyl (C=O) groups is 1. The van der Waals surface area contributed by atoms with Crippen LogP contribution in [-0.4, -0.2) is 10.9 Å². The van der Waals surface area contributed by atoms with Gasteiger partial charge in [0.05, 0.1) is 9.13 Å². The molecule has 4 heteroatoms. The second kappa shape index (κ2) is 3.38. The molecular formula is C8H6FIO2. The Balaban J connectivity index is 3.33. The Labute approximate surface area is 82.5 Å². The fraction of sp³-hybridized carbons (Fsp3) is 0.125.